The smallest absolute Gasteiger partial charge is 0.122 e. The summed E-state index contributed by atoms with van der Waals surface area (Å²) in [5, 5.41) is 8.78. The first-order valence-corrected chi connectivity index (χ1v) is 8.15. The average Bonchev–Trinajstić information content (AvgIpc) is 2.93. The highest BCUT2D eigenvalue weighted by molar-refractivity contribution is 6.34. The minimum atomic E-state index is 0.0660. The van der Waals surface area contributed by atoms with Gasteiger partial charge in [0.2, 0.25) is 0 Å². The van der Waals surface area contributed by atoms with Crippen molar-refractivity contribution in [1.29, 1.82) is 5.41 Å². The van der Waals surface area contributed by atoms with Crippen molar-refractivity contribution in [3.63, 3.8) is 0 Å². The summed E-state index contributed by atoms with van der Waals surface area (Å²) in [6.07, 6.45) is 4.35. The Morgan fingerprint density at radius 3 is 2.54 bits per heavy atom. The van der Waals surface area contributed by atoms with Crippen LogP contribution in [-0.2, 0) is 13.0 Å². The van der Waals surface area contributed by atoms with Crippen LogP contribution in [0.15, 0.2) is 54.9 Å². The van der Waals surface area contributed by atoms with Crippen molar-refractivity contribution in [2.75, 3.05) is 0 Å². The lowest BCUT2D eigenvalue weighted by Gasteiger charge is -2.10. The van der Waals surface area contributed by atoms with Gasteiger partial charge in [0.25, 0.3) is 0 Å². The van der Waals surface area contributed by atoms with Gasteiger partial charge in [-0.05, 0) is 35.4 Å². The highest BCUT2D eigenvalue weighted by atomic mass is 35.5. The molecule has 1 heterocycles. The Hall–Kier alpha value is -2.30. The molecule has 3 rings (SSSR count). The Morgan fingerprint density at radius 2 is 1.83 bits per heavy atom. The zero-order valence-electron chi connectivity index (χ0n) is 12.8. The average molecular weight is 359 g/mol. The lowest BCUT2D eigenvalue weighted by molar-refractivity contribution is 0.740. The summed E-state index contributed by atoms with van der Waals surface area (Å²) in [4.78, 5) is 4.43. The number of benzene rings is 2. The molecule has 0 saturated carbocycles. The van der Waals surface area contributed by atoms with E-state index >= 15 is 0 Å². The molecular weight excluding hydrogens is 343 g/mol. The first-order chi connectivity index (χ1) is 11.5. The largest absolute Gasteiger partial charge is 0.384 e. The second kappa shape index (κ2) is 7.07. The van der Waals surface area contributed by atoms with E-state index in [9.17, 15) is 0 Å². The van der Waals surface area contributed by atoms with Crippen LogP contribution in [0.2, 0.25) is 10.0 Å². The van der Waals surface area contributed by atoms with E-state index < -0.39 is 0 Å². The summed E-state index contributed by atoms with van der Waals surface area (Å²) < 4.78 is 2.06. The first-order valence-electron chi connectivity index (χ1n) is 7.39. The van der Waals surface area contributed by atoms with Crippen molar-refractivity contribution in [2.45, 2.75) is 13.0 Å². The second-order valence-corrected chi connectivity index (χ2v) is 6.41. The summed E-state index contributed by atoms with van der Waals surface area (Å²) in [5.74, 6) is 0.984. The number of nitrogens with two attached hydrogens (primary N) is 1. The van der Waals surface area contributed by atoms with Gasteiger partial charge in [-0.15, -0.1) is 0 Å². The molecule has 0 amide bonds. The van der Waals surface area contributed by atoms with E-state index in [0.717, 1.165) is 22.5 Å². The molecule has 0 atom stereocenters. The summed E-state index contributed by atoms with van der Waals surface area (Å²) in [6, 6.07) is 13.2. The van der Waals surface area contributed by atoms with Crippen LogP contribution in [0, 0.1) is 5.41 Å². The van der Waals surface area contributed by atoms with Gasteiger partial charge in [0.05, 0.1) is 0 Å². The fourth-order valence-electron chi connectivity index (χ4n) is 2.58. The maximum absolute atomic E-state index is 7.55. The summed E-state index contributed by atoms with van der Waals surface area (Å²) in [6.45, 7) is 0.657. The maximum Gasteiger partial charge on any atom is 0.122 e. The number of aromatic nitrogens is 2. The Morgan fingerprint density at radius 1 is 1.08 bits per heavy atom. The van der Waals surface area contributed by atoms with Gasteiger partial charge < -0.3 is 10.3 Å². The van der Waals surface area contributed by atoms with E-state index in [1.807, 2.05) is 42.6 Å². The van der Waals surface area contributed by atoms with Gasteiger partial charge in [0.15, 0.2) is 0 Å². The number of nitrogens with zero attached hydrogens (tertiary/aromatic N) is 2. The molecule has 2 aromatic carbocycles. The molecule has 6 heteroatoms. The van der Waals surface area contributed by atoms with Crippen LogP contribution in [0.5, 0.6) is 0 Å². The van der Waals surface area contributed by atoms with Crippen molar-refractivity contribution < 1.29 is 0 Å². The third kappa shape index (κ3) is 3.96. The van der Waals surface area contributed by atoms with Gasteiger partial charge in [-0.2, -0.15) is 0 Å². The summed E-state index contributed by atoms with van der Waals surface area (Å²) in [7, 11) is 0. The van der Waals surface area contributed by atoms with Gasteiger partial charge in [-0.25, -0.2) is 4.98 Å². The molecule has 0 saturated heterocycles. The number of nitrogen functional groups attached to an aromatic ring is 1. The first kappa shape index (κ1) is 16.6. The number of hydrogen-bond donors (Lipinski definition) is 2. The lowest BCUT2D eigenvalue weighted by atomic mass is 10.1. The normalized spacial score (nSPS) is 10.8. The van der Waals surface area contributed by atoms with Gasteiger partial charge in [0.1, 0.15) is 11.7 Å². The molecule has 0 unspecified atom stereocenters. The molecule has 0 aliphatic carbocycles. The highest BCUT2D eigenvalue weighted by Crippen LogP contribution is 2.21. The summed E-state index contributed by atoms with van der Waals surface area (Å²) >= 11 is 12.1. The molecule has 24 heavy (non-hydrogen) atoms. The standard InChI is InChI=1S/C18H16Cl2N4/c19-15-7-13(8-16(20)10-15)9-17-23-4-5-24(17)11-12-2-1-3-14(6-12)18(21)22/h1-8,10H,9,11H2,(H3,21,22). The number of imidazole rings is 1. The van der Waals surface area contributed by atoms with Crippen molar-refractivity contribution in [3.8, 4) is 0 Å². The minimum Gasteiger partial charge on any atom is -0.384 e. The van der Waals surface area contributed by atoms with E-state index in [0.29, 0.717) is 23.0 Å². The van der Waals surface area contributed by atoms with Crippen LogP contribution < -0.4 is 5.73 Å². The van der Waals surface area contributed by atoms with Crippen LogP contribution in [0.25, 0.3) is 0 Å². The molecule has 0 spiro atoms. The lowest BCUT2D eigenvalue weighted by Crippen LogP contribution is -2.12. The fourth-order valence-corrected chi connectivity index (χ4v) is 3.15. The Kier molecular flexibility index (Phi) is 4.88. The Labute approximate surface area is 150 Å². The van der Waals surface area contributed by atoms with Gasteiger partial charge in [0, 0.05) is 41.0 Å². The van der Waals surface area contributed by atoms with Crippen LogP contribution in [0.3, 0.4) is 0 Å². The van der Waals surface area contributed by atoms with Crippen molar-refractivity contribution in [2.24, 2.45) is 5.73 Å². The van der Waals surface area contributed by atoms with E-state index in [1.54, 1.807) is 12.3 Å². The predicted octanol–water partition coefficient (Wildman–Crippen LogP) is 4.11. The Bertz CT molecular complexity index is 866. The minimum absolute atomic E-state index is 0.0660. The number of rotatable bonds is 5. The van der Waals surface area contributed by atoms with Crippen LogP contribution >= 0.6 is 23.2 Å². The number of nitrogens with one attached hydrogen (secondary N) is 1. The van der Waals surface area contributed by atoms with E-state index in [4.69, 9.17) is 34.3 Å². The van der Waals surface area contributed by atoms with E-state index in [1.165, 1.54) is 0 Å². The molecule has 0 aliphatic heterocycles. The second-order valence-electron chi connectivity index (χ2n) is 5.54. The van der Waals surface area contributed by atoms with Crippen molar-refractivity contribution in [1.82, 2.24) is 9.55 Å². The molecule has 3 aromatic rings. The highest BCUT2D eigenvalue weighted by Gasteiger charge is 2.07. The number of hydrogen-bond acceptors (Lipinski definition) is 2. The molecule has 1 aromatic heterocycles. The monoisotopic (exact) mass is 358 g/mol. The Balaban J connectivity index is 1.83. The third-order valence-electron chi connectivity index (χ3n) is 3.68. The van der Waals surface area contributed by atoms with Crippen molar-refractivity contribution >= 4 is 29.0 Å². The molecule has 0 fully saturated rings. The fraction of sp³-hybridized carbons (Fsp3) is 0.111. The molecule has 4 nitrogen and oxygen atoms in total. The van der Waals surface area contributed by atoms with Gasteiger partial charge >= 0.3 is 0 Å². The van der Waals surface area contributed by atoms with E-state index in [2.05, 4.69) is 9.55 Å². The van der Waals surface area contributed by atoms with Crippen LogP contribution in [0.4, 0.5) is 0 Å². The number of amidine groups is 1. The maximum atomic E-state index is 7.55. The molecule has 0 radical (unpaired) electrons. The molecule has 0 bridgehead atoms. The van der Waals surface area contributed by atoms with Crippen LogP contribution in [-0.4, -0.2) is 15.4 Å². The SMILES string of the molecule is N=C(N)c1cccc(Cn2ccnc2Cc2cc(Cl)cc(Cl)c2)c1. The van der Waals surface area contributed by atoms with Gasteiger partial charge in [-0.3, -0.25) is 5.41 Å². The van der Waals surface area contributed by atoms with Crippen molar-refractivity contribution in [3.05, 3.63) is 87.4 Å². The molecule has 0 aliphatic rings. The topological polar surface area (TPSA) is 67.7 Å². The quantitative estimate of drug-likeness (QED) is 0.532. The summed E-state index contributed by atoms with van der Waals surface area (Å²) in [5.41, 5.74) is 8.35. The zero-order valence-corrected chi connectivity index (χ0v) is 14.3. The van der Waals surface area contributed by atoms with Gasteiger partial charge in [-0.1, -0.05) is 41.4 Å². The molecule has 122 valence electrons. The van der Waals surface area contributed by atoms with Crippen LogP contribution in [0.1, 0.15) is 22.5 Å². The number of halogens is 2. The zero-order chi connectivity index (χ0) is 17.1. The predicted molar refractivity (Wildman–Crippen MR) is 98.1 cm³/mol. The molecule has 3 N–H and O–H groups in total. The third-order valence-corrected chi connectivity index (χ3v) is 4.11. The van der Waals surface area contributed by atoms with E-state index in [-0.39, 0.29) is 5.84 Å². The molecular formula is C18H16Cl2N4.